The third kappa shape index (κ3) is 7.74. The van der Waals surface area contributed by atoms with Crippen LogP contribution in [0.25, 0.3) is 0 Å². The Kier molecular flexibility index (Phi) is 8.40. The fourth-order valence-electron chi connectivity index (χ4n) is 1.40. The summed E-state index contributed by atoms with van der Waals surface area (Å²) in [4.78, 5) is 23.0. The molecule has 0 saturated heterocycles. The van der Waals surface area contributed by atoms with Crippen molar-refractivity contribution >= 4 is 11.9 Å². The molecule has 0 saturated carbocycles. The highest BCUT2D eigenvalue weighted by Crippen LogP contribution is 2.06. The molecule has 0 aliphatic carbocycles. The second-order valence-corrected chi connectivity index (χ2v) is 4.22. The zero-order valence-electron chi connectivity index (χ0n) is 11.1. The highest BCUT2D eigenvalue weighted by Gasteiger charge is 2.22. The summed E-state index contributed by atoms with van der Waals surface area (Å²) in [5.74, 6) is -0.274. The number of nitrogens with one attached hydrogen (secondary N) is 1. The van der Waals surface area contributed by atoms with E-state index in [2.05, 4.69) is 10.1 Å². The topological polar surface area (TPSA) is 64.6 Å². The number of carbonyl (C=O) groups is 2. The Hall–Kier alpha value is -1.10. The quantitative estimate of drug-likeness (QED) is 0.514. The smallest absolute Gasteiger partial charge is 0.328 e. The zero-order chi connectivity index (χ0) is 13.3. The summed E-state index contributed by atoms with van der Waals surface area (Å²) in [5.41, 5.74) is 0. The minimum Gasteiger partial charge on any atom is -0.467 e. The fourth-order valence-corrected chi connectivity index (χ4v) is 1.40. The van der Waals surface area contributed by atoms with Crippen LogP contribution in [0.2, 0.25) is 0 Å². The average Bonchev–Trinajstić information content (AvgIpc) is 2.27. The van der Waals surface area contributed by atoms with Gasteiger partial charge in [-0.3, -0.25) is 4.79 Å². The van der Waals surface area contributed by atoms with Gasteiger partial charge in [0, 0.05) is 13.0 Å². The van der Waals surface area contributed by atoms with Gasteiger partial charge in [0.05, 0.1) is 13.7 Å². The Morgan fingerprint density at radius 1 is 1.29 bits per heavy atom. The molecule has 0 aliphatic heterocycles. The molecule has 0 fully saturated rings. The first-order valence-electron chi connectivity index (χ1n) is 5.96. The molecule has 0 aromatic carbocycles. The molecule has 0 aromatic heterocycles. The standard InChI is InChI=1S/C12H23NO4/c1-5-17-7-6-11(14)13-10(8-9(2)3)12(15)16-4/h9-10H,5-8H2,1-4H3,(H,13,14). The third-order valence-corrected chi connectivity index (χ3v) is 2.21. The van der Waals surface area contributed by atoms with E-state index in [0.29, 0.717) is 25.6 Å². The first kappa shape index (κ1) is 15.9. The average molecular weight is 245 g/mol. The summed E-state index contributed by atoms with van der Waals surface area (Å²) in [6.45, 7) is 6.80. The van der Waals surface area contributed by atoms with Crippen LogP contribution in [0.1, 0.15) is 33.6 Å². The summed E-state index contributed by atoms with van der Waals surface area (Å²) in [6, 6.07) is -0.561. The maximum absolute atomic E-state index is 11.5. The van der Waals surface area contributed by atoms with Crippen LogP contribution < -0.4 is 5.32 Å². The first-order valence-corrected chi connectivity index (χ1v) is 5.96. The Balaban J connectivity index is 4.13. The number of esters is 1. The van der Waals surface area contributed by atoms with Crippen LogP contribution in [-0.2, 0) is 19.1 Å². The van der Waals surface area contributed by atoms with Gasteiger partial charge in [-0.1, -0.05) is 13.8 Å². The molecule has 0 aromatic rings. The molecule has 1 N–H and O–H groups in total. The molecule has 0 bridgehead atoms. The number of methoxy groups -OCH3 is 1. The summed E-state index contributed by atoms with van der Waals surface area (Å²) in [6.07, 6.45) is 0.840. The van der Waals surface area contributed by atoms with Gasteiger partial charge in [-0.05, 0) is 19.3 Å². The number of ether oxygens (including phenoxy) is 2. The predicted molar refractivity (Wildman–Crippen MR) is 64.5 cm³/mol. The second kappa shape index (κ2) is 8.98. The molecule has 100 valence electrons. The van der Waals surface area contributed by atoms with Crippen molar-refractivity contribution in [2.45, 2.75) is 39.7 Å². The second-order valence-electron chi connectivity index (χ2n) is 4.22. The van der Waals surface area contributed by atoms with Crippen molar-refractivity contribution in [1.82, 2.24) is 5.32 Å². The minimum atomic E-state index is -0.561. The maximum Gasteiger partial charge on any atom is 0.328 e. The molecule has 5 nitrogen and oxygen atoms in total. The zero-order valence-corrected chi connectivity index (χ0v) is 11.1. The van der Waals surface area contributed by atoms with Gasteiger partial charge in [0.2, 0.25) is 5.91 Å². The highest BCUT2D eigenvalue weighted by molar-refractivity contribution is 5.84. The minimum absolute atomic E-state index is 0.186. The van der Waals surface area contributed by atoms with Gasteiger partial charge in [-0.15, -0.1) is 0 Å². The molecule has 0 spiro atoms. The Morgan fingerprint density at radius 3 is 2.41 bits per heavy atom. The van der Waals surface area contributed by atoms with E-state index in [1.54, 1.807) is 0 Å². The lowest BCUT2D eigenvalue weighted by Crippen LogP contribution is -2.42. The highest BCUT2D eigenvalue weighted by atomic mass is 16.5. The van der Waals surface area contributed by atoms with Crippen molar-refractivity contribution in [1.29, 1.82) is 0 Å². The number of amides is 1. The van der Waals surface area contributed by atoms with Crippen LogP contribution in [0.15, 0.2) is 0 Å². The van der Waals surface area contributed by atoms with E-state index in [1.807, 2.05) is 20.8 Å². The molecule has 0 radical (unpaired) electrons. The first-order chi connectivity index (χ1) is 8.01. The molecular formula is C12H23NO4. The van der Waals surface area contributed by atoms with E-state index < -0.39 is 12.0 Å². The van der Waals surface area contributed by atoms with E-state index in [1.165, 1.54) is 7.11 Å². The van der Waals surface area contributed by atoms with Crippen molar-refractivity contribution in [2.24, 2.45) is 5.92 Å². The van der Waals surface area contributed by atoms with Crippen molar-refractivity contribution in [3.63, 3.8) is 0 Å². The van der Waals surface area contributed by atoms with Crippen LogP contribution in [-0.4, -0.2) is 38.2 Å². The number of hydrogen-bond acceptors (Lipinski definition) is 4. The van der Waals surface area contributed by atoms with E-state index in [9.17, 15) is 9.59 Å². The number of hydrogen-bond donors (Lipinski definition) is 1. The summed E-state index contributed by atoms with van der Waals surface area (Å²) >= 11 is 0. The van der Waals surface area contributed by atoms with E-state index >= 15 is 0 Å². The van der Waals surface area contributed by atoms with Gasteiger partial charge < -0.3 is 14.8 Å². The molecule has 17 heavy (non-hydrogen) atoms. The van der Waals surface area contributed by atoms with Crippen molar-refractivity contribution in [2.75, 3.05) is 20.3 Å². The third-order valence-electron chi connectivity index (χ3n) is 2.21. The van der Waals surface area contributed by atoms with E-state index in [4.69, 9.17) is 4.74 Å². The molecule has 0 heterocycles. The van der Waals surface area contributed by atoms with Gasteiger partial charge in [-0.25, -0.2) is 4.79 Å². The Labute approximate surface area is 103 Å². The van der Waals surface area contributed by atoms with Gasteiger partial charge in [0.1, 0.15) is 6.04 Å². The molecule has 1 unspecified atom stereocenters. The molecular weight excluding hydrogens is 222 g/mol. The summed E-state index contributed by atoms with van der Waals surface area (Å²) < 4.78 is 9.73. The van der Waals surface area contributed by atoms with Gasteiger partial charge in [0.15, 0.2) is 0 Å². The molecule has 0 rings (SSSR count). The largest absolute Gasteiger partial charge is 0.467 e. The lowest BCUT2D eigenvalue weighted by molar-refractivity contribution is -0.145. The van der Waals surface area contributed by atoms with E-state index in [-0.39, 0.29) is 12.3 Å². The van der Waals surface area contributed by atoms with Crippen LogP contribution in [0, 0.1) is 5.92 Å². The van der Waals surface area contributed by atoms with Crippen LogP contribution in [0.5, 0.6) is 0 Å². The lowest BCUT2D eigenvalue weighted by atomic mass is 10.0. The lowest BCUT2D eigenvalue weighted by Gasteiger charge is -2.18. The fraction of sp³-hybridized carbons (Fsp3) is 0.833. The summed E-state index contributed by atoms with van der Waals surface area (Å²) in [5, 5.41) is 2.66. The number of carbonyl (C=O) groups excluding carboxylic acids is 2. The number of rotatable bonds is 8. The Bertz CT molecular complexity index is 241. The predicted octanol–water partition coefficient (Wildman–Crippen LogP) is 1.12. The summed E-state index contributed by atoms with van der Waals surface area (Å²) in [7, 11) is 1.32. The maximum atomic E-state index is 11.5. The van der Waals surface area contributed by atoms with Crippen LogP contribution in [0.4, 0.5) is 0 Å². The van der Waals surface area contributed by atoms with Crippen LogP contribution in [0.3, 0.4) is 0 Å². The molecule has 5 heteroatoms. The SMILES string of the molecule is CCOCCC(=O)NC(CC(C)C)C(=O)OC. The normalized spacial score (nSPS) is 12.3. The van der Waals surface area contributed by atoms with Crippen molar-refractivity contribution < 1.29 is 19.1 Å². The molecule has 1 atom stereocenters. The van der Waals surface area contributed by atoms with Gasteiger partial charge >= 0.3 is 5.97 Å². The van der Waals surface area contributed by atoms with Crippen LogP contribution >= 0.6 is 0 Å². The Morgan fingerprint density at radius 2 is 1.94 bits per heavy atom. The van der Waals surface area contributed by atoms with Gasteiger partial charge in [-0.2, -0.15) is 0 Å². The van der Waals surface area contributed by atoms with E-state index in [0.717, 1.165) is 0 Å². The van der Waals surface area contributed by atoms with Crippen molar-refractivity contribution in [3.8, 4) is 0 Å². The molecule has 1 amide bonds. The van der Waals surface area contributed by atoms with Gasteiger partial charge in [0.25, 0.3) is 0 Å². The van der Waals surface area contributed by atoms with Crippen molar-refractivity contribution in [3.05, 3.63) is 0 Å². The monoisotopic (exact) mass is 245 g/mol. The molecule has 0 aliphatic rings.